The van der Waals surface area contributed by atoms with Gasteiger partial charge in [-0.2, -0.15) is 5.26 Å². The van der Waals surface area contributed by atoms with E-state index in [9.17, 15) is 13.2 Å². The molecule has 2 N–H and O–H groups in total. The van der Waals surface area contributed by atoms with Crippen LogP contribution in [0.4, 0.5) is 11.5 Å². The van der Waals surface area contributed by atoms with E-state index in [1.807, 2.05) is 6.07 Å². The third kappa shape index (κ3) is 4.30. The van der Waals surface area contributed by atoms with E-state index in [2.05, 4.69) is 20.6 Å². The minimum absolute atomic E-state index is 0.0372. The summed E-state index contributed by atoms with van der Waals surface area (Å²) in [6.07, 6.45) is 3.16. The number of amides is 1. The average molecular weight is 357 g/mol. The summed E-state index contributed by atoms with van der Waals surface area (Å²) in [7, 11) is -3.05. The van der Waals surface area contributed by atoms with Crippen molar-refractivity contribution in [2.75, 3.05) is 16.8 Å². The molecule has 0 spiro atoms. The van der Waals surface area contributed by atoms with Crippen LogP contribution in [0, 0.1) is 11.3 Å². The number of anilines is 2. The fourth-order valence-corrected chi connectivity index (χ4v) is 4.13. The van der Waals surface area contributed by atoms with E-state index in [-0.39, 0.29) is 23.2 Å². The van der Waals surface area contributed by atoms with E-state index in [1.165, 1.54) is 12.4 Å². The Balaban J connectivity index is 1.61. The van der Waals surface area contributed by atoms with Crippen molar-refractivity contribution < 1.29 is 13.2 Å². The summed E-state index contributed by atoms with van der Waals surface area (Å²) in [5, 5.41) is 14.4. The van der Waals surface area contributed by atoms with E-state index in [0.717, 1.165) is 5.69 Å². The minimum Gasteiger partial charge on any atom is -0.347 e. The van der Waals surface area contributed by atoms with Crippen LogP contribution >= 0.6 is 0 Å². The van der Waals surface area contributed by atoms with Crippen molar-refractivity contribution in [3.63, 3.8) is 0 Å². The number of hydrogen-bond acceptors (Lipinski definition) is 7. The van der Waals surface area contributed by atoms with Gasteiger partial charge in [-0.15, -0.1) is 0 Å². The SMILES string of the molecule is N#Cc1ccc(Nc2cnc(C(=O)NC3CCS(=O)(=O)C3)cn2)cc1. The fourth-order valence-electron chi connectivity index (χ4n) is 2.45. The number of benzene rings is 1. The van der Waals surface area contributed by atoms with E-state index >= 15 is 0 Å². The quantitative estimate of drug-likeness (QED) is 0.836. The maximum atomic E-state index is 12.1. The van der Waals surface area contributed by atoms with Crippen LogP contribution < -0.4 is 10.6 Å². The first-order chi connectivity index (χ1) is 11.9. The van der Waals surface area contributed by atoms with Gasteiger partial charge in [0.05, 0.1) is 35.5 Å². The highest BCUT2D eigenvalue weighted by Crippen LogP contribution is 2.15. The first kappa shape index (κ1) is 16.9. The molecule has 2 aromatic rings. The molecule has 0 saturated carbocycles. The monoisotopic (exact) mass is 357 g/mol. The average Bonchev–Trinajstić information content (AvgIpc) is 2.94. The maximum absolute atomic E-state index is 12.1. The molecule has 1 atom stereocenters. The molecule has 1 aliphatic heterocycles. The Hall–Kier alpha value is -2.99. The molecular formula is C16H15N5O3S. The Morgan fingerprint density at radius 3 is 2.52 bits per heavy atom. The van der Waals surface area contributed by atoms with Crippen LogP contribution in [0.3, 0.4) is 0 Å². The van der Waals surface area contributed by atoms with Crippen LogP contribution in [-0.2, 0) is 9.84 Å². The molecule has 0 bridgehead atoms. The standard InChI is InChI=1S/C16H15N5O3S/c17-7-11-1-3-12(4-2-11)20-15-9-18-14(8-19-15)16(22)21-13-5-6-25(23,24)10-13/h1-4,8-9,13H,5-6,10H2,(H,19,20)(H,21,22). The predicted octanol–water partition coefficient (Wildman–Crippen LogP) is 1.01. The van der Waals surface area contributed by atoms with Crippen molar-refractivity contribution in [2.45, 2.75) is 12.5 Å². The van der Waals surface area contributed by atoms with Gasteiger partial charge < -0.3 is 10.6 Å². The molecule has 128 valence electrons. The third-order valence-corrected chi connectivity index (χ3v) is 5.51. The molecule has 1 aromatic carbocycles. The van der Waals surface area contributed by atoms with Crippen LogP contribution in [0.1, 0.15) is 22.5 Å². The number of rotatable bonds is 4. The molecule has 0 radical (unpaired) electrons. The Kier molecular flexibility index (Phi) is 4.63. The molecule has 9 heteroatoms. The number of nitrogens with zero attached hydrogens (tertiary/aromatic N) is 3. The number of carbonyl (C=O) groups excluding carboxylic acids is 1. The van der Waals surface area contributed by atoms with Gasteiger partial charge in [0.2, 0.25) is 0 Å². The number of sulfone groups is 1. The molecule has 1 aromatic heterocycles. The number of carbonyl (C=O) groups is 1. The van der Waals surface area contributed by atoms with Crippen LogP contribution in [0.5, 0.6) is 0 Å². The molecule has 1 unspecified atom stereocenters. The van der Waals surface area contributed by atoms with Crippen molar-refractivity contribution in [1.82, 2.24) is 15.3 Å². The number of hydrogen-bond donors (Lipinski definition) is 2. The van der Waals surface area contributed by atoms with Gasteiger partial charge >= 0.3 is 0 Å². The zero-order valence-corrected chi connectivity index (χ0v) is 14.0. The van der Waals surface area contributed by atoms with E-state index in [4.69, 9.17) is 5.26 Å². The highest BCUT2D eigenvalue weighted by molar-refractivity contribution is 7.91. The number of nitriles is 1. The smallest absolute Gasteiger partial charge is 0.271 e. The van der Waals surface area contributed by atoms with Gasteiger partial charge in [0, 0.05) is 11.7 Å². The predicted molar refractivity (Wildman–Crippen MR) is 91.0 cm³/mol. The lowest BCUT2D eigenvalue weighted by Gasteiger charge is -2.10. The molecule has 1 amide bonds. The highest BCUT2D eigenvalue weighted by Gasteiger charge is 2.29. The van der Waals surface area contributed by atoms with Crippen molar-refractivity contribution in [1.29, 1.82) is 5.26 Å². The summed E-state index contributed by atoms with van der Waals surface area (Å²) >= 11 is 0. The normalized spacial score (nSPS) is 18.3. The van der Waals surface area contributed by atoms with E-state index in [0.29, 0.717) is 17.8 Å². The molecule has 25 heavy (non-hydrogen) atoms. The molecular weight excluding hydrogens is 342 g/mol. The lowest BCUT2D eigenvalue weighted by Crippen LogP contribution is -2.36. The second-order valence-electron chi connectivity index (χ2n) is 5.67. The lowest BCUT2D eigenvalue weighted by molar-refractivity contribution is 0.0935. The third-order valence-electron chi connectivity index (χ3n) is 3.74. The van der Waals surface area contributed by atoms with Crippen molar-refractivity contribution >= 4 is 27.2 Å². The van der Waals surface area contributed by atoms with Crippen LogP contribution in [0.2, 0.25) is 0 Å². The lowest BCUT2D eigenvalue weighted by atomic mass is 10.2. The van der Waals surface area contributed by atoms with E-state index in [1.54, 1.807) is 24.3 Å². The molecule has 8 nitrogen and oxygen atoms in total. The van der Waals surface area contributed by atoms with E-state index < -0.39 is 15.7 Å². The van der Waals surface area contributed by atoms with Crippen molar-refractivity contribution in [3.8, 4) is 6.07 Å². The van der Waals surface area contributed by atoms with Gasteiger partial charge in [0.25, 0.3) is 5.91 Å². The summed E-state index contributed by atoms with van der Waals surface area (Å²) in [6.45, 7) is 0. The summed E-state index contributed by atoms with van der Waals surface area (Å²) < 4.78 is 22.8. The summed E-state index contributed by atoms with van der Waals surface area (Å²) in [5.74, 6) is 0.0610. The second kappa shape index (κ2) is 6.86. The van der Waals surface area contributed by atoms with Gasteiger partial charge in [0.1, 0.15) is 11.5 Å². The molecule has 1 saturated heterocycles. The first-order valence-corrected chi connectivity index (χ1v) is 9.38. The van der Waals surface area contributed by atoms with Gasteiger partial charge in [-0.1, -0.05) is 0 Å². The largest absolute Gasteiger partial charge is 0.347 e. The van der Waals surface area contributed by atoms with Gasteiger partial charge in [-0.3, -0.25) is 4.79 Å². The van der Waals surface area contributed by atoms with Gasteiger partial charge in [-0.05, 0) is 30.7 Å². The number of nitrogens with one attached hydrogen (secondary N) is 2. The Morgan fingerprint density at radius 1 is 1.20 bits per heavy atom. The molecule has 0 aliphatic carbocycles. The fraction of sp³-hybridized carbons (Fsp3) is 0.250. The topological polar surface area (TPSA) is 125 Å². The molecule has 1 fully saturated rings. The summed E-state index contributed by atoms with van der Waals surface area (Å²) in [5.41, 5.74) is 1.41. The van der Waals surface area contributed by atoms with Crippen molar-refractivity contribution in [2.24, 2.45) is 0 Å². The van der Waals surface area contributed by atoms with Gasteiger partial charge in [-0.25, -0.2) is 18.4 Å². The van der Waals surface area contributed by atoms with Gasteiger partial charge in [0.15, 0.2) is 9.84 Å². The molecule has 3 rings (SSSR count). The summed E-state index contributed by atoms with van der Waals surface area (Å²) in [6, 6.07) is 8.48. The number of aromatic nitrogens is 2. The molecule has 2 heterocycles. The van der Waals surface area contributed by atoms with Crippen molar-refractivity contribution in [3.05, 3.63) is 47.9 Å². The van der Waals surface area contributed by atoms with Crippen LogP contribution in [0.15, 0.2) is 36.7 Å². The van der Waals surface area contributed by atoms with Crippen LogP contribution in [-0.4, -0.2) is 41.8 Å². The highest BCUT2D eigenvalue weighted by atomic mass is 32.2. The van der Waals surface area contributed by atoms with Crippen LogP contribution in [0.25, 0.3) is 0 Å². The second-order valence-corrected chi connectivity index (χ2v) is 7.90. The maximum Gasteiger partial charge on any atom is 0.271 e. The summed E-state index contributed by atoms with van der Waals surface area (Å²) in [4.78, 5) is 20.3. The zero-order valence-electron chi connectivity index (χ0n) is 13.1. The molecule has 1 aliphatic rings. The first-order valence-electron chi connectivity index (χ1n) is 7.56. The zero-order chi connectivity index (χ0) is 17.9. The Labute approximate surface area is 144 Å². The Bertz CT molecular complexity index is 918. The minimum atomic E-state index is -3.05. The Morgan fingerprint density at radius 2 is 1.96 bits per heavy atom.